The molecule has 4 rings (SSSR count). The number of carbonyl (C=O) groups excluding carboxylic acids is 2. The lowest BCUT2D eigenvalue weighted by atomic mass is 9.93. The Balaban J connectivity index is 1.41. The highest BCUT2D eigenvalue weighted by Gasteiger charge is 2.21. The van der Waals surface area contributed by atoms with Gasteiger partial charge in [-0.25, -0.2) is 0 Å². The summed E-state index contributed by atoms with van der Waals surface area (Å²) < 4.78 is 10.7. The van der Waals surface area contributed by atoms with Gasteiger partial charge >= 0.3 is 0 Å². The normalized spacial score (nSPS) is 17.2. The summed E-state index contributed by atoms with van der Waals surface area (Å²) in [5, 5.41) is 5.82. The van der Waals surface area contributed by atoms with E-state index in [1.54, 1.807) is 18.2 Å². The molecule has 0 unspecified atom stereocenters. The van der Waals surface area contributed by atoms with Gasteiger partial charge in [0.2, 0.25) is 12.7 Å². The third kappa shape index (κ3) is 4.01. The molecule has 0 saturated heterocycles. The van der Waals surface area contributed by atoms with Crippen molar-refractivity contribution in [3.05, 3.63) is 65.7 Å². The number of allylic oxidation sites excluding steroid dienone is 2. The van der Waals surface area contributed by atoms with E-state index in [0.29, 0.717) is 29.3 Å². The molecule has 2 amide bonds. The second kappa shape index (κ2) is 8.17. The minimum Gasteiger partial charge on any atom is -0.454 e. The van der Waals surface area contributed by atoms with Crippen LogP contribution >= 0.6 is 0 Å². The summed E-state index contributed by atoms with van der Waals surface area (Å²) in [6.45, 7) is 0.570. The minimum atomic E-state index is -0.239. The van der Waals surface area contributed by atoms with Crippen molar-refractivity contribution in [1.29, 1.82) is 0 Å². The highest BCUT2D eigenvalue weighted by Crippen LogP contribution is 2.32. The van der Waals surface area contributed by atoms with Crippen LogP contribution in [0.15, 0.2) is 54.6 Å². The third-order valence-electron chi connectivity index (χ3n) is 4.96. The number of para-hydroxylation sites is 1. The Hall–Kier alpha value is -3.28. The van der Waals surface area contributed by atoms with E-state index in [4.69, 9.17) is 9.47 Å². The summed E-state index contributed by atoms with van der Waals surface area (Å²) in [7, 11) is 0. The number of amides is 2. The Morgan fingerprint density at radius 1 is 1.04 bits per heavy atom. The molecule has 0 aromatic heterocycles. The zero-order chi connectivity index (χ0) is 19.3. The minimum absolute atomic E-state index is 0.0413. The maximum atomic E-state index is 12.7. The van der Waals surface area contributed by atoms with Gasteiger partial charge in [0.15, 0.2) is 11.5 Å². The van der Waals surface area contributed by atoms with Crippen molar-refractivity contribution in [2.45, 2.75) is 25.8 Å². The second-order valence-electron chi connectivity index (χ2n) is 6.89. The summed E-state index contributed by atoms with van der Waals surface area (Å²) in [5.41, 5.74) is 1.89. The molecule has 1 atom stereocenters. The summed E-state index contributed by atoms with van der Waals surface area (Å²) in [6.07, 6.45) is 6.62. The van der Waals surface area contributed by atoms with Gasteiger partial charge in [-0.3, -0.25) is 9.59 Å². The highest BCUT2D eigenvalue weighted by molar-refractivity contribution is 6.04. The topological polar surface area (TPSA) is 76.7 Å². The zero-order valence-corrected chi connectivity index (χ0v) is 15.4. The molecule has 6 heteroatoms. The Bertz CT molecular complexity index is 923. The molecule has 1 aliphatic carbocycles. The Morgan fingerprint density at radius 3 is 2.75 bits per heavy atom. The molecule has 0 fully saturated rings. The number of rotatable bonds is 5. The van der Waals surface area contributed by atoms with Crippen molar-refractivity contribution >= 4 is 17.5 Å². The molecule has 2 aromatic rings. The molecule has 6 nitrogen and oxygen atoms in total. The SMILES string of the molecule is O=C(NCc1ccc2c(c1)OCO2)c1ccccc1NC(=O)[C@H]1CC=CCC1. The van der Waals surface area contributed by atoms with Crippen LogP contribution in [0.5, 0.6) is 11.5 Å². The number of ether oxygens (including phenoxy) is 2. The summed E-state index contributed by atoms with van der Waals surface area (Å²) in [5.74, 6) is 1.06. The maximum absolute atomic E-state index is 12.7. The highest BCUT2D eigenvalue weighted by atomic mass is 16.7. The number of nitrogens with one attached hydrogen (secondary N) is 2. The number of hydrogen-bond acceptors (Lipinski definition) is 4. The number of hydrogen-bond donors (Lipinski definition) is 2. The van der Waals surface area contributed by atoms with Gasteiger partial charge in [-0.2, -0.15) is 0 Å². The molecule has 2 N–H and O–H groups in total. The van der Waals surface area contributed by atoms with Crippen molar-refractivity contribution < 1.29 is 19.1 Å². The molecule has 0 bridgehead atoms. The molecule has 28 heavy (non-hydrogen) atoms. The predicted molar refractivity (Wildman–Crippen MR) is 105 cm³/mol. The number of benzene rings is 2. The summed E-state index contributed by atoms with van der Waals surface area (Å²) in [4.78, 5) is 25.2. The van der Waals surface area contributed by atoms with Crippen molar-refractivity contribution in [1.82, 2.24) is 5.32 Å². The molecule has 1 heterocycles. The van der Waals surface area contributed by atoms with Gasteiger partial charge < -0.3 is 20.1 Å². The third-order valence-corrected chi connectivity index (χ3v) is 4.96. The lowest BCUT2D eigenvalue weighted by molar-refractivity contribution is -0.120. The standard InChI is InChI=1S/C22H22N2O4/c25-21(16-6-2-1-3-7-16)24-18-9-5-4-8-17(18)22(26)23-13-15-10-11-19-20(12-15)28-14-27-19/h1-2,4-5,8-12,16H,3,6-7,13-14H2,(H,23,26)(H,24,25)/t16-/m0/s1. The van der Waals surface area contributed by atoms with Crippen LogP contribution in [0.25, 0.3) is 0 Å². The van der Waals surface area contributed by atoms with Crippen LogP contribution in [0.1, 0.15) is 35.2 Å². The van der Waals surface area contributed by atoms with Crippen LogP contribution in [-0.4, -0.2) is 18.6 Å². The fraction of sp³-hybridized carbons (Fsp3) is 0.273. The molecule has 2 aromatic carbocycles. The Morgan fingerprint density at radius 2 is 1.89 bits per heavy atom. The van der Waals surface area contributed by atoms with Gasteiger partial charge in [0.1, 0.15) is 0 Å². The molecule has 0 radical (unpaired) electrons. The molecular formula is C22H22N2O4. The van der Waals surface area contributed by atoms with E-state index in [1.807, 2.05) is 30.3 Å². The molecule has 2 aliphatic rings. The number of anilines is 1. The maximum Gasteiger partial charge on any atom is 0.253 e. The molecule has 0 spiro atoms. The van der Waals surface area contributed by atoms with Crippen LogP contribution in [0.4, 0.5) is 5.69 Å². The largest absolute Gasteiger partial charge is 0.454 e. The fourth-order valence-corrected chi connectivity index (χ4v) is 3.39. The van der Waals surface area contributed by atoms with Crippen molar-refractivity contribution in [2.75, 3.05) is 12.1 Å². The van der Waals surface area contributed by atoms with E-state index >= 15 is 0 Å². The molecule has 1 aliphatic heterocycles. The van der Waals surface area contributed by atoms with Crippen LogP contribution in [0.2, 0.25) is 0 Å². The van der Waals surface area contributed by atoms with E-state index in [2.05, 4.69) is 16.7 Å². The molecule has 0 saturated carbocycles. The lowest BCUT2D eigenvalue weighted by Gasteiger charge is -2.18. The summed E-state index contributed by atoms with van der Waals surface area (Å²) in [6, 6.07) is 12.6. The number of carbonyl (C=O) groups is 2. The smallest absolute Gasteiger partial charge is 0.253 e. The van der Waals surface area contributed by atoms with Crippen molar-refractivity contribution in [2.24, 2.45) is 5.92 Å². The van der Waals surface area contributed by atoms with E-state index in [1.165, 1.54) is 0 Å². The van der Waals surface area contributed by atoms with Crippen LogP contribution < -0.4 is 20.1 Å². The molecule has 144 valence electrons. The first-order valence-corrected chi connectivity index (χ1v) is 9.42. The monoisotopic (exact) mass is 378 g/mol. The predicted octanol–water partition coefficient (Wildman–Crippen LogP) is 3.64. The first-order chi connectivity index (χ1) is 13.7. The van der Waals surface area contributed by atoms with Gasteiger partial charge in [0, 0.05) is 12.5 Å². The average molecular weight is 378 g/mol. The van der Waals surface area contributed by atoms with E-state index < -0.39 is 0 Å². The Kier molecular flexibility index (Phi) is 5.28. The van der Waals surface area contributed by atoms with Crippen molar-refractivity contribution in [3.63, 3.8) is 0 Å². The lowest BCUT2D eigenvalue weighted by Crippen LogP contribution is -2.27. The van der Waals surface area contributed by atoms with Gasteiger partial charge in [-0.1, -0.05) is 30.4 Å². The first-order valence-electron chi connectivity index (χ1n) is 9.42. The van der Waals surface area contributed by atoms with E-state index in [0.717, 1.165) is 24.8 Å². The van der Waals surface area contributed by atoms with Crippen LogP contribution in [-0.2, 0) is 11.3 Å². The molecular weight excluding hydrogens is 356 g/mol. The van der Waals surface area contributed by atoms with Gasteiger partial charge in [0.25, 0.3) is 5.91 Å². The van der Waals surface area contributed by atoms with Crippen LogP contribution in [0, 0.1) is 5.92 Å². The summed E-state index contributed by atoms with van der Waals surface area (Å²) >= 11 is 0. The van der Waals surface area contributed by atoms with Crippen molar-refractivity contribution in [3.8, 4) is 11.5 Å². The van der Waals surface area contributed by atoms with Gasteiger partial charge in [-0.05, 0) is 49.1 Å². The quantitative estimate of drug-likeness (QED) is 0.779. The zero-order valence-electron chi connectivity index (χ0n) is 15.4. The number of fused-ring (bicyclic) bond motifs is 1. The van der Waals surface area contributed by atoms with E-state index in [9.17, 15) is 9.59 Å². The fourth-order valence-electron chi connectivity index (χ4n) is 3.39. The second-order valence-corrected chi connectivity index (χ2v) is 6.89. The Labute approximate surface area is 163 Å². The first kappa shape index (κ1) is 18.1. The van der Waals surface area contributed by atoms with E-state index in [-0.39, 0.29) is 24.5 Å². The average Bonchev–Trinajstić information content (AvgIpc) is 3.21. The van der Waals surface area contributed by atoms with Gasteiger partial charge in [-0.15, -0.1) is 0 Å². The van der Waals surface area contributed by atoms with Gasteiger partial charge in [0.05, 0.1) is 11.3 Å². The van der Waals surface area contributed by atoms with Crippen LogP contribution in [0.3, 0.4) is 0 Å².